The zero-order valence-corrected chi connectivity index (χ0v) is 15.0. The molecule has 1 spiro atoms. The molecule has 3 heterocycles. The molecule has 4 rings (SSSR count). The van der Waals surface area contributed by atoms with Gasteiger partial charge in [0.05, 0.1) is 11.7 Å². The normalized spacial score (nSPS) is 23.3. The highest BCUT2D eigenvalue weighted by Crippen LogP contribution is 2.36. The molecule has 134 valence electrons. The van der Waals surface area contributed by atoms with Crippen molar-refractivity contribution in [3.8, 4) is 0 Å². The number of aliphatic hydroxyl groups is 1. The number of rotatable bonds is 1. The van der Waals surface area contributed by atoms with E-state index in [2.05, 4.69) is 12.1 Å². The van der Waals surface area contributed by atoms with Gasteiger partial charge in [-0.15, -0.1) is 0 Å². The predicted octanol–water partition coefficient (Wildman–Crippen LogP) is 2.63. The summed E-state index contributed by atoms with van der Waals surface area (Å²) in [5, 5.41) is 11.5. The van der Waals surface area contributed by atoms with E-state index >= 15 is 0 Å². The van der Waals surface area contributed by atoms with Gasteiger partial charge in [-0.3, -0.25) is 4.79 Å². The third-order valence-electron chi connectivity index (χ3n) is 6.08. The average molecular weight is 342 g/mol. The van der Waals surface area contributed by atoms with Gasteiger partial charge >= 0.3 is 0 Å². The Labute approximate surface area is 148 Å². The zero-order valence-electron chi connectivity index (χ0n) is 15.0. The van der Waals surface area contributed by atoms with Crippen LogP contribution in [0.5, 0.6) is 0 Å². The number of aryl methyl sites for hydroxylation is 2. The maximum Gasteiger partial charge on any atom is 0.270 e. The molecule has 0 radical (unpaired) electrons. The van der Waals surface area contributed by atoms with Crippen LogP contribution in [-0.2, 0) is 11.8 Å². The van der Waals surface area contributed by atoms with Crippen LogP contribution in [0.3, 0.4) is 0 Å². The number of para-hydroxylation sites is 1. The van der Waals surface area contributed by atoms with Crippen molar-refractivity contribution in [1.82, 2.24) is 9.47 Å². The molecule has 1 aromatic heterocycles. The minimum atomic E-state index is -0.441. The highest BCUT2D eigenvalue weighted by molar-refractivity contribution is 6.01. The lowest BCUT2D eigenvalue weighted by Crippen LogP contribution is -2.56. The maximum atomic E-state index is 13.2. The van der Waals surface area contributed by atoms with E-state index in [1.165, 1.54) is 0 Å². The Kier molecular flexibility index (Phi) is 4.08. The fourth-order valence-electron chi connectivity index (χ4n) is 4.51. The van der Waals surface area contributed by atoms with Gasteiger partial charge in [0.1, 0.15) is 5.69 Å². The molecule has 2 aliphatic heterocycles. The quantitative estimate of drug-likeness (QED) is 0.867. The summed E-state index contributed by atoms with van der Waals surface area (Å²) in [6, 6.07) is 8.13. The van der Waals surface area contributed by atoms with Crippen LogP contribution in [0, 0.1) is 6.92 Å². The molecule has 2 saturated heterocycles. The van der Waals surface area contributed by atoms with Gasteiger partial charge in [-0.25, -0.2) is 0 Å². The second kappa shape index (κ2) is 6.15. The Hall–Kier alpha value is -1.85. The van der Waals surface area contributed by atoms with Gasteiger partial charge in [0.25, 0.3) is 5.91 Å². The average Bonchev–Trinajstić information content (AvgIpc) is 2.89. The fraction of sp³-hybridized carbons (Fsp3) is 0.550. The Morgan fingerprint density at radius 2 is 2.00 bits per heavy atom. The van der Waals surface area contributed by atoms with Crippen molar-refractivity contribution in [1.29, 1.82) is 0 Å². The number of amides is 1. The summed E-state index contributed by atoms with van der Waals surface area (Å²) in [4.78, 5) is 15.1. The molecule has 2 aromatic rings. The largest absolute Gasteiger partial charge is 0.390 e. The van der Waals surface area contributed by atoms with E-state index < -0.39 is 11.7 Å². The Bertz CT molecular complexity index is 764. The lowest BCUT2D eigenvalue weighted by Gasteiger charge is -2.46. The minimum Gasteiger partial charge on any atom is -0.390 e. The molecule has 0 unspecified atom stereocenters. The van der Waals surface area contributed by atoms with Gasteiger partial charge in [-0.2, -0.15) is 0 Å². The monoisotopic (exact) mass is 342 g/mol. The molecule has 1 amide bonds. The third kappa shape index (κ3) is 2.57. The lowest BCUT2D eigenvalue weighted by atomic mass is 9.82. The Morgan fingerprint density at radius 3 is 2.68 bits per heavy atom. The topological polar surface area (TPSA) is 54.7 Å². The van der Waals surface area contributed by atoms with Crippen molar-refractivity contribution in [2.75, 3.05) is 19.7 Å². The highest BCUT2D eigenvalue weighted by Gasteiger charge is 2.44. The smallest absolute Gasteiger partial charge is 0.270 e. The van der Waals surface area contributed by atoms with E-state index in [4.69, 9.17) is 4.74 Å². The summed E-state index contributed by atoms with van der Waals surface area (Å²) in [6.07, 6.45) is 2.74. The number of benzene rings is 1. The fourth-order valence-corrected chi connectivity index (χ4v) is 4.51. The first kappa shape index (κ1) is 16.6. The second-order valence-corrected chi connectivity index (χ2v) is 7.41. The van der Waals surface area contributed by atoms with Gasteiger partial charge < -0.3 is 19.3 Å². The van der Waals surface area contributed by atoms with Gasteiger partial charge in [0, 0.05) is 37.6 Å². The van der Waals surface area contributed by atoms with Crippen LogP contribution in [0.15, 0.2) is 24.3 Å². The number of carbonyl (C=O) groups is 1. The number of ether oxygens (including phenoxy) is 1. The molecule has 1 atom stereocenters. The van der Waals surface area contributed by atoms with Crippen LogP contribution >= 0.6 is 0 Å². The maximum absolute atomic E-state index is 13.2. The number of aromatic nitrogens is 1. The molecule has 0 bridgehead atoms. The SMILES string of the molecule is Cc1c(C(=O)N2CCC3(CC2)OCCC[C@H]3O)n(C)c2ccccc12. The van der Waals surface area contributed by atoms with Crippen LogP contribution in [0.25, 0.3) is 10.9 Å². The number of likely N-dealkylation sites (tertiary alicyclic amines) is 1. The molecule has 1 N–H and O–H groups in total. The highest BCUT2D eigenvalue weighted by atomic mass is 16.5. The first-order valence-corrected chi connectivity index (χ1v) is 9.19. The van der Waals surface area contributed by atoms with Crippen LogP contribution in [-0.4, -0.2) is 51.9 Å². The van der Waals surface area contributed by atoms with E-state index in [0.717, 1.165) is 35.0 Å². The van der Waals surface area contributed by atoms with E-state index in [9.17, 15) is 9.90 Å². The summed E-state index contributed by atoms with van der Waals surface area (Å²) in [7, 11) is 1.96. The van der Waals surface area contributed by atoms with E-state index in [0.29, 0.717) is 32.5 Å². The standard InChI is InChI=1S/C20H26N2O3/c1-14-15-6-3-4-7-16(15)21(2)18(14)19(24)22-11-9-20(10-12-22)17(23)8-5-13-25-20/h3-4,6-7,17,23H,5,8-13H2,1-2H3/t17-/m1/s1. The summed E-state index contributed by atoms with van der Waals surface area (Å²) in [5.74, 6) is 0.0800. The second-order valence-electron chi connectivity index (χ2n) is 7.41. The third-order valence-corrected chi connectivity index (χ3v) is 6.08. The number of hydrogen-bond acceptors (Lipinski definition) is 3. The molecule has 25 heavy (non-hydrogen) atoms. The molecule has 2 fully saturated rings. The van der Waals surface area contributed by atoms with E-state index in [1.54, 1.807) is 0 Å². The molecule has 2 aliphatic rings. The van der Waals surface area contributed by atoms with E-state index in [1.807, 2.05) is 35.6 Å². The van der Waals surface area contributed by atoms with Crippen molar-refractivity contribution in [3.05, 3.63) is 35.5 Å². The summed E-state index contributed by atoms with van der Waals surface area (Å²) >= 11 is 0. The number of hydrogen-bond donors (Lipinski definition) is 1. The van der Waals surface area contributed by atoms with Crippen LogP contribution < -0.4 is 0 Å². The van der Waals surface area contributed by atoms with Crippen molar-refractivity contribution in [2.24, 2.45) is 7.05 Å². The number of aliphatic hydroxyl groups excluding tert-OH is 1. The molecular formula is C20H26N2O3. The van der Waals surface area contributed by atoms with Crippen molar-refractivity contribution in [3.63, 3.8) is 0 Å². The van der Waals surface area contributed by atoms with E-state index in [-0.39, 0.29) is 5.91 Å². The summed E-state index contributed by atoms with van der Waals surface area (Å²) in [5.41, 5.74) is 2.45. The summed E-state index contributed by atoms with van der Waals surface area (Å²) in [6.45, 7) is 4.01. The van der Waals surface area contributed by atoms with Gasteiger partial charge in [0.2, 0.25) is 0 Å². The Morgan fingerprint density at radius 1 is 1.28 bits per heavy atom. The summed E-state index contributed by atoms with van der Waals surface area (Å²) < 4.78 is 7.96. The first-order chi connectivity index (χ1) is 12.0. The number of piperidine rings is 1. The molecule has 5 nitrogen and oxygen atoms in total. The predicted molar refractivity (Wildman–Crippen MR) is 96.7 cm³/mol. The molecule has 0 aliphatic carbocycles. The molecule has 0 saturated carbocycles. The number of fused-ring (bicyclic) bond motifs is 1. The van der Waals surface area contributed by atoms with Crippen molar-refractivity contribution < 1.29 is 14.6 Å². The number of carbonyl (C=O) groups excluding carboxylic acids is 1. The first-order valence-electron chi connectivity index (χ1n) is 9.19. The van der Waals surface area contributed by atoms with Crippen molar-refractivity contribution in [2.45, 2.75) is 44.3 Å². The number of nitrogens with zero attached hydrogens (tertiary/aromatic N) is 2. The van der Waals surface area contributed by atoms with Crippen molar-refractivity contribution >= 4 is 16.8 Å². The zero-order chi connectivity index (χ0) is 17.6. The van der Waals surface area contributed by atoms with Crippen LogP contribution in [0.2, 0.25) is 0 Å². The van der Waals surface area contributed by atoms with Crippen LogP contribution in [0.1, 0.15) is 41.7 Å². The van der Waals surface area contributed by atoms with Crippen LogP contribution in [0.4, 0.5) is 0 Å². The van der Waals surface area contributed by atoms with Gasteiger partial charge in [0.15, 0.2) is 0 Å². The molecular weight excluding hydrogens is 316 g/mol. The minimum absolute atomic E-state index is 0.0800. The van der Waals surface area contributed by atoms with Gasteiger partial charge in [-0.05, 0) is 44.2 Å². The Balaban J connectivity index is 1.57. The molecule has 5 heteroatoms. The lowest BCUT2D eigenvalue weighted by molar-refractivity contribution is -0.174. The van der Waals surface area contributed by atoms with Gasteiger partial charge in [-0.1, -0.05) is 18.2 Å². The molecule has 1 aromatic carbocycles.